The van der Waals surface area contributed by atoms with E-state index in [1.54, 1.807) is 31.2 Å². The van der Waals surface area contributed by atoms with Gasteiger partial charge in [-0.3, -0.25) is 15.0 Å². The van der Waals surface area contributed by atoms with Crippen LogP contribution < -0.4 is 15.5 Å². The van der Waals surface area contributed by atoms with Crippen molar-refractivity contribution >= 4 is 17.8 Å². The van der Waals surface area contributed by atoms with Gasteiger partial charge in [0.05, 0.1) is 6.10 Å². The van der Waals surface area contributed by atoms with Gasteiger partial charge in [0.25, 0.3) is 11.8 Å². The third-order valence-corrected chi connectivity index (χ3v) is 5.81. The van der Waals surface area contributed by atoms with Crippen LogP contribution in [0.15, 0.2) is 54.6 Å². The molecule has 0 aromatic heterocycles. The van der Waals surface area contributed by atoms with Crippen molar-refractivity contribution in [2.45, 2.75) is 44.2 Å². The minimum absolute atomic E-state index is 0.105. The van der Waals surface area contributed by atoms with E-state index < -0.39 is 23.4 Å². The average molecular weight is 437 g/mol. The quantitative estimate of drug-likeness (QED) is 0.619. The van der Waals surface area contributed by atoms with Crippen molar-refractivity contribution in [1.82, 2.24) is 15.8 Å². The summed E-state index contributed by atoms with van der Waals surface area (Å²) in [6.45, 7) is 2.90. The van der Waals surface area contributed by atoms with Gasteiger partial charge < -0.3 is 14.8 Å². The first kappa shape index (κ1) is 21.8. The second-order valence-electron chi connectivity index (χ2n) is 8.30. The van der Waals surface area contributed by atoms with Crippen LogP contribution in [0.4, 0.5) is 4.79 Å². The fourth-order valence-electron chi connectivity index (χ4n) is 3.83. The average Bonchev–Trinajstić information content (AvgIpc) is 3.40. The molecular weight excluding hydrogens is 410 g/mol. The molecule has 2 saturated heterocycles. The lowest BCUT2D eigenvalue weighted by atomic mass is 9.93. The molecule has 2 aromatic rings. The van der Waals surface area contributed by atoms with Gasteiger partial charge >= 0.3 is 6.03 Å². The molecule has 32 heavy (non-hydrogen) atoms. The summed E-state index contributed by atoms with van der Waals surface area (Å²) in [6, 6.07) is 15.6. The Kier molecular flexibility index (Phi) is 6.41. The molecule has 168 valence electrons. The minimum Gasteiger partial charge on any atom is -0.491 e. The highest BCUT2D eigenvalue weighted by Gasteiger charge is 2.48. The van der Waals surface area contributed by atoms with E-state index >= 15 is 0 Å². The Morgan fingerprint density at radius 2 is 1.94 bits per heavy atom. The summed E-state index contributed by atoms with van der Waals surface area (Å²) >= 11 is 0. The van der Waals surface area contributed by atoms with Crippen LogP contribution in [0.25, 0.3) is 0 Å². The van der Waals surface area contributed by atoms with Crippen molar-refractivity contribution < 1.29 is 23.9 Å². The number of hydrogen-bond donors (Lipinski definition) is 2. The van der Waals surface area contributed by atoms with E-state index in [0.717, 1.165) is 30.0 Å². The molecule has 4 amide bonds. The molecule has 0 spiro atoms. The standard InChI is InChI=1S/C24H27N3O5/c1-24(14-13-17-6-3-2-4-7-17)22(29)27(23(30)25-24)26-21(28)18-9-11-19(12-10-18)32-16-20-8-5-15-31-20/h2-4,6-7,9-12,20H,5,8,13-16H2,1H3,(H,25,30)(H,26,28)/t20-,24+/m0/s1. The summed E-state index contributed by atoms with van der Waals surface area (Å²) < 4.78 is 11.2. The summed E-state index contributed by atoms with van der Waals surface area (Å²) in [7, 11) is 0. The number of amides is 4. The molecule has 0 radical (unpaired) electrons. The van der Waals surface area contributed by atoms with Gasteiger partial charge in [-0.25, -0.2) is 4.79 Å². The molecule has 2 aliphatic heterocycles. The third kappa shape index (κ3) is 4.91. The number of ether oxygens (including phenoxy) is 2. The van der Waals surface area contributed by atoms with Crippen molar-refractivity contribution in [2.75, 3.05) is 13.2 Å². The Labute approximate surface area is 186 Å². The smallest absolute Gasteiger partial charge is 0.344 e. The SMILES string of the molecule is C[C@]1(CCc2ccccc2)NC(=O)N(NC(=O)c2ccc(OC[C@@H]3CCCO3)cc2)C1=O. The van der Waals surface area contributed by atoms with Gasteiger partial charge in [0.1, 0.15) is 17.9 Å². The third-order valence-electron chi connectivity index (χ3n) is 5.81. The maximum absolute atomic E-state index is 12.9. The van der Waals surface area contributed by atoms with Crippen molar-refractivity contribution in [3.63, 3.8) is 0 Å². The van der Waals surface area contributed by atoms with Crippen LogP contribution in [0.5, 0.6) is 5.75 Å². The van der Waals surface area contributed by atoms with Gasteiger partial charge in [0, 0.05) is 12.2 Å². The van der Waals surface area contributed by atoms with Crippen molar-refractivity contribution in [1.29, 1.82) is 0 Å². The number of rotatable bonds is 8. The van der Waals surface area contributed by atoms with Crippen LogP contribution in [-0.2, 0) is 16.0 Å². The second kappa shape index (κ2) is 9.40. The highest BCUT2D eigenvalue weighted by molar-refractivity contribution is 6.09. The van der Waals surface area contributed by atoms with Crippen LogP contribution in [0, 0.1) is 0 Å². The van der Waals surface area contributed by atoms with Gasteiger partial charge in [-0.05, 0) is 62.4 Å². The maximum atomic E-state index is 12.9. The molecule has 2 N–H and O–H groups in total. The Balaban J connectivity index is 1.33. The van der Waals surface area contributed by atoms with E-state index in [0.29, 0.717) is 30.8 Å². The van der Waals surface area contributed by atoms with E-state index in [-0.39, 0.29) is 6.10 Å². The number of carbonyl (C=O) groups is 3. The van der Waals surface area contributed by atoms with Crippen LogP contribution in [-0.4, -0.2) is 47.7 Å². The van der Waals surface area contributed by atoms with Gasteiger partial charge in [-0.1, -0.05) is 30.3 Å². The highest BCUT2D eigenvalue weighted by Crippen LogP contribution is 2.23. The predicted molar refractivity (Wildman–Crippen MR) is 117 cm³/mol. The Hall–Kier alpha value is -3.39. The Bertz CT molecular complexity index is 973. The molecule has 0 bridgehead atoms. The maximum Gasteiger partial charge on any atom is 0.344 e. The second-order valence-corrected chi connectivity index (χ2v) is 8.30. The number of imide groups is 1. The number of nitrogens with one attached hydrogen (secondary N) is 2. The molecule has 2 atom stereocenters. The summed E-state index contributed by atoms with van der Waals surface area (Å²) in [6.07, 6.45) is 3.18. The summed E-state index contributed by atoms with van der Waals surface area (Å²) in [4.78, 5) is 37.9. The fraction of sp³-hybridized carbons (Fsp3) is 0.375. The summed E-state index contributed by atoms with van der Waals surface area (Å²) in [5, 5.41) is 3.46. The lowest BCUT2D eigenvalue weighted by Crippen LogP contribution is -2.48. The van der Waals surface area contributed by atoms with Crippen LogP contribution in [0.3, 0.4) is 0 Å². The van der Waals surface area contributed by atoms with Gasteiger partial charge in [0.15, 0.2) is 0 Å². The highest BCUT2D eigenvalue weighted by atomic mass is 16.5. The molecule has 2 aromatic carbocycles. The molecule has 0 unspecified atom stereocenters. The molecule has 2 aliphatic rings. The van der Waals surface area contributed by atoms with Gasteiger partial charge in [0.2, 0.25) is 0 Å². The number of nitrogens with zero attached hydrogens (tertiary/aromatic N) is 1. The van der Waals surface area contributed by atoms with E-state index in [4.69, 9.17) is 9.47 Å². The first-order valence-electron chi connectivity index (χ1n) is 10.8. The predicted octanol–water partition coefficient (Wildman–Crippen LogP) is 2.83. The Morgan fingerprint density at radius 1 is 1.19 bits per heavy atom. The van der Waals surface area contributed by atoms with E-state index in [1.165, 1.54) is 0 Å². The number of aryl methyl sites for hydroxylation is 1. The first-order valence-corrected chi connectivity index (χ1v) is 10.8. The minimum atomic E-state index is -1.08. The largest absolute Gasteiger partial charge is 0.491 e. The first-order chi connectivity index (χ1) is 15.4. The van der Waals surface area contributed by atoms with Gasteiger partial charge in [-0.2, -0.15) is 5.01 Å². The summed E-state index contributed by atoms with van der Waals surface area (Å²) in [5.74, 6) is -0.407. The Morgan fingerprint density at radius 3 is 2.62 bits per heavy atom. The monoisotopic (exact) mass is 437 g/mol. The fourth-order valence-corrected chi connectivity index (χ4v) is 3.83. The zero-order chi connectivity index (χ0) is 22.6. The number of hydrazine groups is 1. The zero-order valence-electron chi connectivity index (χ0n) is 18.0. The molecule has 2 fully saturated rings. The van der Waals surface area contributed by atoms with E-state index in [9.17, 15) is 14.4 Å². The van der Waals surface area contributed by atoms with Crippen LogP contribution >= 0.6 is 0 Å². The molecular formula is C24H27N3O5. The van der Waals surface area contributed by atoms with E-state index in [2.05, 4.69) is 10.7 Å². The normalized spacial score (nSPS) is 22.7. The van der Waals surface area contributed by atoms with Crippen LogP contribution in [0.1, 0.15) is 42.1 Å². The molecule has 0 saturated carbocycles. The number of urea groups is 1. The lowest BCUT2D eigenvalue weighted by molar-refractivity contribution is -0.132. The molecule has 8 nitrogen and oxygen atoms in total. The molecule has 4 rings (SSSR count). The van der Waals surface area contributed by atoms with Crippen molar-refractivity contribution in [2.24, 2.45) is 0 Å². The zero-order valence-corrected chi connectivity index (χ0v) is 18.0. The number of hydrogen-bond acceptors (Lipinski definition) is 5. The van der Waals surface area contributed by atoms with E-state index in [1.807, 2.05) is 30.3 Å². The van der Waals surface area contributed by atoms with Crippen LogP contribution in [0.2, 0.25) is 0 Å². The number of benzene rings is 2. The van der Waals surface area contributed by atoms with Crippen molar-refractivity contribution in [3.8, 4) is 5.75 Å². The molecule has 8 heteroatoms. The number of carbonyl (C=O) groups excluding carboxylic acids is 3. The summed E-state index contributed by atoms with van der Waals surface area (Å²) in [5.41, 5.74) is 2.72. The van der Waals surface area contributed by atoms with Crippen molar-refractivity contribution in [3.05, 3.63) is 65.7 Å². The lowest BCUT2D eigenvalue weighted by Gasteiger charge is -2.21. The topological polar surface area (TPSA) is 97.0 Å². The van der Waals surface area contributed by atoms with Gasteiger partial charge in [-0.15, -0.1) is 0 Å². The molecule has 0 aliphatic carbocycles. The molecule has 2 heterocycles.